The Kier molecular flexibility index (Phi) is 9.00. The van der Waals surface area contributed by atoms with Gasteiger partial charge in [-0.2, -0.15) is 5.26 Å². The summed E-state index contributed by atoms with van der Waals surface area (Å²) in [6.07, 6.45) is -0.0990. The summed E-state index contributed by atoms with van der Waals surface area (Å²) in [6, 6.07) is 30.5. The summed E-state index contributed by atoms with van der Waals surface area (Å²) < 4.78 is 5.71. The van der Waals surface area contributed by atoms with Crippen molar-refractivity contribution in [1.29, 1.82) is 5.26 Å². The normalized spacial score (nSPS) is 24.7. The lowest BCUT2D eigenvalue weighted by Crippen LogP contribution is -2.59. The van der Waals surface area contributed by atoms with Crippen LogP contribution in [-0.4, -0.2) is 23.5 Å². The number of carbonyl (C=O) groups excluding carboxylic acids is 2. The van der Waals surface area contributed by atoms with Gasteiger partial charge in [-0.05, 0) is 91.4 Å². The van der Waals surface area contributed by atoms with Gasteiger partial charge in [-0.25, -0.2) is 0 Å². The predicted molar refractivity (Wildman–Crippen MR) is 172 cm³/mol. The fourth-order valence-corrected chi connectivity index (χ4v) is 7.21. The summed E-state index contributed by atoms with van der Waals surface area (Å²) in [7, 11) is 0. The maximum Gasteiger partial charge on any atom is 0.327 e. The Balaban J connectivity index is 1.93. The lowest BCUT2D eigenvalue weighted by molar-refractivity contribution is -0.164. The van der Waals surface area contributed by atoms with Crippen LogP contribution in [-0.2, 0) is 15.1 Å². The maximum atomic E-state index is 14.9. The number of hydrogen-bond donors (Lipinski definition) is 1. The number of halogens is 2. The zero-order chi connectivity index (χ0) is 31.6. The molecule has 1 aliphatic carbocycles. The number of ketones is 1. The first-order chi connectivity index (χ1) is 21.1. The van der Waals surface area contributed by atoms with E-state index >= 15 is 0 Å². The smallest absolute Gasteiger partial charge is 0.327 e. The Morgan fingerprint density at radius 2 is 1.39 bits per heavy atom. The number of Topliss-reactive ketones (excluding diaryl/α,β-unsaturated/α-hetero) is 1. The van der Waals surface area contributed by atoms with Gasteiger partial charge in [0.05, 0.1) is 18.6 Å². The van der Waals surface area contributed by atoms with E-state index in [1.807, 2.05) is 62.4 Å². The molecule has 44 heavy (non-hydrogen) atoms. The molecule has 5 atom stereocenters. The van der Waals surface area contributed by atoms with Crippen molar-refractivity contribution < 1.29 is 19.4 Å². The third-order valence-corrected chi connectivity index (χ3v) is 9.55. The zero-order valence-corrected chi connectivity index (χ0v) is 26.3. The first kappa shape index (κ1) is 31.5. The molecule has 0 amide bonds. The number of hydrogen-bond acceptors (Lipinski definition) is 5. The topological polar surface area (TPSA) is 87.4 Å². The standard InChI is InChI=1S/C37H33Cl2NO4/c1-4-44-35(42)36(22-40)31(29-11-7-5-9-23(29)2)21-37(43,26-15-19-28(39)20-16-26)33(32(36)30-12-8-6-10-24(30)3)34(41)25-13-17-27(38)18-14-25/h5-20,31-33,43H,4,21H2,1-3H3/t31-,32-,33-,36+,37-/m0/s1. The molecule has 7 heteroatoms. The van der Waals surface area contributed by atoms with Crippen molar-refractivity contribution in [3.8, 4) is 6.07 Å². The molecule has 0 unspecified atom stereocenters. The van der Waals surface area contributed by atoms with Crippen molar-refractivity contribution >= 4 is 35.0 Å². The van der Waals surface area contributed by atoms with E-state index in [0.29, 0.717) is 26.7 Å². The molecule has 0 saturated heterocycles. The molecule has 0 radical (unpaired) electrons. The second-order valence-corrected chi connectivity index (χ2v) is 12.3. The van der Waals surface area contributed by atoms with E-state index in [4.69, 9.17) is 27.9 Å². The van der Waals surface area contributed by atoms with Crippen LogP contribution in [0.2, 0.25) is 10.0 Å². The van der Waals surface area contributed by atoms with Gasteiger partial charge in [0.1, 0.15) is 5.60 Å². The number of rotatable bonds is 7. The van der Waals surface area contributed by atoms with E-state index in [2.05, 4.69) is 6.07 Å². The van der Waals surface area contributed by atoms with Crippen molar-refractivity contribution in [3.05, 3.63) is 140 Å². The van der Waals surface area contributed by atoms with Gasteiger partial charge in [-0.3, -0.25) is 9.59 Å². The van der Waals surface area contributed by atoms with Crippen LogP contribution in [0.25, 0.3) is 0 Å². The maximum absolute atomic E-state index is 14.9. The Hall–Kier alpha value is -3.95. The molecule has 0 heterocycles. The van der Waals surface area contributed by atoms with Crippen LogP contribution >= 0.6 is 23.2 Å². The molecule has 0 spiro atoms. The summed E-state index contributed by atoms with van der Waals surface area (Å²) in [6.45, 7) is 5.53. The molecular formula is C37H33Cl2NO4. The average molecular weight is 627 g/mol. The minimum atomic E-state index is -1.88. The molecule has 0 aliphatic heterocycles. The highest BCUT2D eigenvalue weighted by molar-refractivity contribution is 6.31. The molecule has 5 nitrogen and oxygen atoms in total. The third-order valence-electron chi connectivity index (χ3n) is 9.04. The number of nitrogens with zero attached hydrogens (tertiary/aromatic N) is 1. The Bertz CT molecular complexity index is 1730. The minimum absolute atomic E-state index is 0.0422. The van der Waals surface area contributed by atoms with Gasteiger partial charge in [0.25, 0.3) is 0 Å². The number of aryl methyl sites for hydroxylation is 2. The molecule has 4 aromatic carbocycles. The number of benzene rings is 4. The second-order valence-electron chi connectivity index (χ2n) is 11.4. The molecule has 0 bridgehead atoms. The van der Waals surface area contributed by atoms with Crippen molar-refractivity contribution in [2.24, 2.45) is 11.3 Å². The monoisotopic (exact) mass is 625 g/mol. The molecule has 224 valence electrons. The van der Waals surface area contributed by atoms with E-state index in [-0.39, 0.29) is 13.0 Å². The molecule has 5 rings (SSSR count). The lowest BCUT2D eigenvalue weighted by atomic mass is 9.47. The number of carbonyl (C=O) groups is 2. The van der Waals surface area contributed by atoms with Gasteiger partial charge in [-0.15, -0.1) is 0 Å². The predicted octanol–water partition coefficient (Wildman–Crippen LogP) is 8.34. The molecule has 1 saturated carbocycles. The van der Waals surface area contributed by atoms with Crippen molar-refractivity contribution in [2.45, 2.75) is 44.6 Å². The largest absolute Gasteiger partial charge is 0.465 e. The van der Waals surface area contributed by atoms with Crippen molar-refractivity contribution in [1.82, 2.24) is 0 Å². The van der Waals surface area contributed by atoms with Gasteiger partial charge < -0.3 is 9.84 Å². The molecule has 4 aromatic rings. The summed E-state index contributed by atoms with van der Waals surface area (Å²) >= 11 is 12.5. The average Bonchev–Trinajstić information content (AvgIpc) is 3.01. The minimum Gasteiger partial charge on any atom is -0.465 e. The van der Waals surface area contributed by atoms with Gasteiger partial charge in [0.2, 0.25) is 0 Å². The fraction of sp³-hybridized carbons (Fsp3) is 0.270. The van der Waals surface area contributed by atoms with E-state index in [1.54, 1.807) is 55.5 Å². The fourth-order valence-electron chi connectivity index (χ4n) is 6.96. The van der Waals surface area contributed by atoms with Crippen LogP contribution in [0.1, 0.15) is 63.4 Å². The van der Waals surface area contributed by atoms with E-state index in [0.717, 1.165) is 16.7 Å². The van der Waals surface area contributed by atoms with Crippen LogP contribution in [0.5, 0.6) is 0 Å². The number of nitriles is 1. The first-order valence-electron chi connectivity index (χ1n) is 14.6. The Morgan fingerprint density at radius 3 is 1.91 bits per heavy atom. The molecule has 1 fully saturated rings. The lowest BCUT2D eigenvalue weighted by Gasteiger charge is -2.54. The second kappa shape index (κ2) is 12.6. The summed E-state index contributed by atoms with van der Waals surface area (Å²) in [4.78, 5) is 29.3. The highest BCUT2D eigenvalue weighted by Gasteiger charge is 2.68. The van der Waals surface area contributed by atoms with Crippen LogP contribution < -0.4 is 0 Å². The number of ether oxygens (including phenoxy) is 1. The van der Waals surface area contributed by atoms with Gasteiger partial charge in [0.15, 0.2) is 11.2 Å². The highest BCUT2D eigenvalue weighted by Crippen LogP contribution is 2.64. The quantitative estimate of drug-likeness (QED) is 0.165. The SMILES string of the molecule is CCOC(=O)[C@]1(C#N)[C@H](c2ccccc2C)C[C@](O)(c2ccc(Cl)cc2)[C@H](C(=O)c2ccc(Cl)cc2)[C@@H]1c1ccccc1C. The van der Waals surface area contributed by atoms with E-state index in [1.165, 1.54) is 0 Å². The molecule has 0 aromatic heterocycles. The summed E-state index contributed by atoms with van der Waals surface area (Å²) in [5.74, 6) is -4.35. The van der Waals surface area contributed by atoms with Crippen molar-refractivity contribution in [2.75, 3.05) is 6.61 Å². The number of esters is 1. The van der Waals surface area contributed by atoms with Crippen LogP contribution in [0, 0.1) is 36.5 Å². The van der Waals surface area contributed by atoms with Crippen LogP contribution in [0.15, 0.2) is 97.1 Å². The molecular weight excluding hydrogens is 593 g/mol. The van der Waals surface area contributed by atoms with E-state index in [9.17, 15) is 20.0 Å². The first-order valence-corrected chi connectivity index (χ1v) is 15.3. The molecule has 1 N–H and O–H groups in total. The Morgan fingerprint density at radius 1 is 0.864 bits per heavy atom. The van der Waals surface area contributed by atoms with Crippen LogP contribution in [0.3, 0.4) is 0 Å². The zero-order valence-electron chi connectivity index (χ0n) is 24.8. The summed E-state index contributed by atoms with van der Waals surface area (Å²) in [5, 5.41) is 25.3. The van der Waals surface area contributed by atoms with E-state index < -0.39 is 40.5 Å². The van der Waals surface area contributed by atoms with Crippen molar-refractivity contribution in [3.63, 3.8) is 0 Å². The van der Waals surface area contributed by atoms with Gasteiger partial charge in [0, 0.05) is 27.4 Å². The van der Waals surface area contributed by atoms with Crippen LogP contribution in [0.4, 0.5) is 0 Å². The molecule has 1 aliphatic rings. The van der Waals surface area contributed by atoms with Gasteiger partial charge >= 0.3 is 5.97 Å². The van der Waals surface area contributed by atoms with Gasteiger partial charge in [-0.1, -0.05) is 83.9 Å². The third kappa shape index (κ3) is 5.32. The number of aliphatic hydroxyl groups is 1. The Labute approximate surface area is 268 Å². The highest BCUT2D eigenvalue weighted by atomic mass is 35.5. The summed E-state index contributed by atoms with van der Waals surface area (Å²) in [5.41, 5.74) is 0.0288.